The van der Waals surface area contributed by atoms with Crippen molar-refractivity contribution in [1.82, 2.24) is 0 Å². The summed E-state index contributed by atoms with van der Waals surface area (Å²) >= 11 is 0. The molecule has 0 aliphatic heterocycles. The van der Waals surface area contributed by atoms with Gasteiger partial charge in [0.25, 0.3) is 0 Å². The Kier molecular flexibility index (Phi) is 6.30. The number of rotatable bonds is 7. The number of ether oxygens (including phenoxy) is 4. The Morgan fingerprint density at radius 1 is 1.07 bits per heavy atom. The van der Waals surface area contributed by atoms with Crippen LogP contribution in [0.1, 0.15) is 19.6 Å². The van der Waals surface area contributed by atoms with Gasteiger partial charge in [0.2, 0.25) is 5.43 Å². The van der Waals surface area contributed by atoms with E-state index in [1.54, 1.807) is 64.3 Å². The Balaban J connectivity index is 2.02. The Morgan fingerprint density at radius 2 is 1.80 bits per heavy atom. The highest BCUT2D eigenvalue weighted by Gasteiger charge is 2.19. The number of methoxy groups -OCH3 is 2. The van der Waals surface area contributed by atoms with Gasteiger partial charge in [-0.05, 0) is 50.6 Å². The Bertz CT molecular complexity index is 1130. The molecule has 0 radical (unpaired) electrons. The van der Waals surface area contributed by atoms with Gasteiger partial charge in [-0.1, -0.05) is 6.07 Å². The molecule has 0 spiro atoms. The van der Waals surface area contributed by atoms with E-state index in [0.717, 1.165) is 0 Å². The van der Waals surface area contributed by atoms with Crippen LogP contribution >= 0.6 is 0 Å². The van der Waals surface area contributed by atoms with E-state index in [2.05, 4.69) is 0 Å². The van der Waals surface area contributed by atoms with Crippen molar-refractivity contribution in [3.8, 4) is 28.4 Å². The molecule has 1 aromatic heterocycles. The van der Waals surface area contributed by atoms with E-state index < -0.39 is 12.1 Å². The molecular formula is C23H24O7. The molecule has 2 aromatic carbocycles. The molecule has 1 heterocycles. The summed E-state index contributed by atoms with van der Waals surface area (Å²) in [6.45, 7) is 5.33. The molecule has 158 valence electrons. The molecule has 3 aromatic rings. The third-order valence-electron chi connectivity index (χ3n) is 4.64. The van der Waals surface area contributed by atoms with Crippen molar-refractivity contribution >= 4 is 16.9 Å². The topological polar surface area (TPSA) is 84.2 Å². The van der Waals surface area contributed by atoms with Crippen LogP contribution in [0.2, 0.25) is 0 Å². The minimum Gasteiger partial charge on any atom is -0.493 e. The van der Waals surface area contributed by atoms with Gasteiger partial charge >= 0.3 is 5.97 Å². The Morgan fingerprint density at radius 3 is 2.47 bits per heavy atom. The third kappa shape index (κ3) is 4.10. The normalized spacial score (nSPS) is 11.8. The van der Waals surface area contributed by atoms with E-state index in [1.165, 1.54) is 7.11 Å². The summed E-state index contributed by atoms with van der Waals surface area (Å²) in [4.78, 5) is 25.0. The molecule has 0 saturated heterocycles. The van der Waals surface area contributed by atoms with Gasteiger partial charge in [0, 0.05) is 6.07 Å². The van der Waals surface area contributed by atoms with Gasteiger partial charge in [-0.3, -0.25) is 4.79 Å². The predicted molar refractivity (Wildman–Crippen MR) is 112 cm³/mol. The molecular weight excluding hydrogens is 388 g/mol. The fraction of sp³-hybridized carbons (Fsp3) is 0.304. The molecule has 7 nitrogen and oxygen atoms in total. The van der Waals surface area contributed by atoms with Crippen LogP contribution in [0.15, 0.2) is 45.6 Å². The second kappa shape index (κ2) is 8.90. The Hall–Kier alpha value is -3.48. The van der Waals surface area contributed by atoms with Gasteiger partial charge in [0.1, 0.15) is 17.1 Å². The minimum atomic E-state index is -0.777. The SMILES string of the molecule is CCOC(=O)[C@H](C)Oc1ccc2c(=O)c(-c3ccc(OC)c(OC)c3)c(C)oc2c1. The van der Waals surface area contributed by atoms with Gasteiger partial charge in [-0.2, -0.15) is 0 Å². The molecule has 1 atom stereocenters. The van der Waals surface area contributed by atoms with Crippen molar-refractivity contribution in [1.29, 1.82) is 0 Å². The lowest BCUT2D eigenvalue weighted by atomic mass is 10.0. The molecule has 3 rings (SSSR count). The van der Waals surface area contributed by atoms with Crippen LogP contribution in [0.4, 0.5) is 0 Å². The van der Waals surface area contributed by atoms with E-state index in [4.69, 9.17) is 23.4 Å². The first-order valence-electron chi connectivity index (χ1n) is 9.52. The first kappa shape index (κ1) is 21.2. The summed E-state index contributed by atoms with van der Waals surface area (Å²) < 4.78 is 27.1. The first-order chi connectivity index (χ1) is 14.4. The van der Waals surface area contributed by atoms with Crippen molar-refractivity contribution < 1.29 is 28.2 Å². The van der Waals surface area contributed by atoms with Crippen LogP contribution in [-0.2, 0) is 9.53 Å². The zero-order chi connectivity index (χ0) is 21.8. The van der Waals surface area contributed by atoms with Crippen LogP contribution in [0.25, 0.3) is 22.1 Å². The molecule has 30 heavy (non-hydrogen) atoms. The quantitative estimate of drug-likeness (QED) is 0.540. The average Bonchev–Trinajstić information content (AvgIpc) is 2.73. The highest BCUT2D eigenvalue weighted by molar-refractivity contribution is 5.84. The fourth-order valence-electron chi connectivity index (χ4n) is 3.20. The highest BCUT2D eigenvalue weighted by Crippen LogP contribution is 2.33. The monoisotopic (exact) mass is 412 g/mol. The first-order valence-corrected chi connectivity index (χ1v) is 9.52. The van der Waals surface area contributed by atoms with Crippen molar-refractivity contribution in [2.75, 3.05) is 20.8 Å². The highest BCUT2D eigenvalue weighted by atomic mass is 16.6. The second-order valence-corrected chi connectivity index (χ2v) is 6.60. The van der Waals surface area contributed by atoms with E-state index in [-0.39, 0.29) is 12.0 Å². The summed E-state index contributed by atoms with van der Waals surface area (Å²) in [5.74, 6) is 1.49. The van der Waals surface area contributed by atoms with E-state index in [1.807, 2.05) is 0 Å². The maximum atomic E-state index is 13.2. The van der Waals surface area contributed by atoms with Gasteiger partial charge in [-0.15, -0.1) is 0 Å². The van der Waals surface area contributed by atoms with E-state index in [0.29, 0.717) is 45.1 Å². The lowest BCUT2D eigenvalue weighted by molar-refractivity contribution is -0.150. The van der Waals surface area contributed by atoms with Gasteiger partial charge < -0.3 is 23.4 Å². The van der Waals surface area contributed by atoms with Crippen LogP contribution in [-0.4, -0.2) is 32.9 Å². The zero-order valence-corrected chi connectivity index (χ0v) is 17.6. The zero-order valence-electron chi connectivity index (χ0n) is 17.6. The fourth-order valence-corrected chi connectivity index (χ4v) is 3.20. The third-order valence-corrected chi connectivity index (χ3v) is 4.64. The minimum absolute atomic E-state index is 0.175. The van der Waals surface area contributed by atoms with E-state index in [9.17, 15) is 9.59 Å². The number of hydrogen-bond acceptors (Lipinski definition) is 7. The molecule has 0 aliphatic carbocycles. The number of hydrogen-bond donors (Lipinski definition) is 0. The molecule has 0 amide bonds. The number of carbonyl (C=O) groups is 1. The van der Waals surface area contributed by atoms with Crippen molar-refractivity contribution in [2.24, 2.45) is 0 Å². The molecule has 0 N–H and O–H groups in total. The lowest BCUT2D eigenvalue weighted by Crippen LogP contribution is -2.26. The molecule has 0 unspecified atom stereocenters. The van der Waals surface area contributed by atoms with Gasteiger partial charge in [0.05, 0.1) is 31.8 Å². The van der Waals surface area contributed by atoms with Crippen molar-refractivity contribution in [3.63, 3.8) is 0 Å². The van der Waals surface area contributed by atoms with E-state index >= 15 is 0 Å². The molecule has 0 aliphatic rings. The van der Waals surface area contributed by atoms with Gasteiger partial charge in [0.15, 0.2) is 17.6 Å². The maximum Gasteiger partial charge on any atom is 0.347 e. The molecule has 0 bridgehead atoms. The number of fused-ring (bicyclic) bond motifs is 1. The van der Waals surface area contributed by atoms with Crippen LogP contribution in [0, 0.1) is 6.92 Å². The summed E-state index contributed by atoms with van der Waals surface area (Å²) in [7, 11) is 3.09. The predicted octanol–water partition coefficient (Wildman–Crippen LogP) is 4.12. The second-order valence-electron chi connectivity index (χ2n) is 6.60. The van der Waals surface area contributed by atoms with Crippen LogP contribution in [0.5, 0.6) is 17.2 Å². The Labute approximate surface area is 174 Å². The average molecular weight is 412 g/mol. The molecule has 0 fully saturated rings. The number of esters is 1. The largest absolute Gasteiger partial charge is 0.493 e. The summed E-state index contributed by atoms with van der Waals surface area (Å²) in [6.07, 6.45) is -0.777. The number of benzene rings is 2. The number of carbonyl (C=O) groups excluding carboxylic acids is 1. The lowest BCUT2D eigenvalue weighted by Gasteiger charge is -2.14. The summed E-state index contributed by atoms with van der Waals surface area (Å²) in [5.41, 5.74) is 1.30. The van der Waals surface area contributed by atoms with Gasteiger partial charge in [-0.25, -0.2) is 4.79 Å². The smallest absolute Gasteiger partial charge is 0.347 e. The van der Waals surface area contributed by atoms with Crippen molar-refractivity contribution in [2.45, 2.75) is 26.9 Å². The maximum absolute atomic E-state index is 13.2. The standard InChI is InChI=1S/C23H24O7/c1-6-28-23(25)14(3)29-16-8-9-17-19(12-16)30-13(2)21(22(17)24)15-7-10-18(26-4)20(11-15)27-5/h7-12,14H,6H2,1-5H3/t14-/m0/s1. The molecule has 0 saturated carbocycles. The number of aryl methyl sites for hydroxylation is 1. The molecule has 7 heteroatoms. The van der Waals surface area contributed by atoms with Crippen LogP contribution < -0.4 is 19.6 Å². The summed E-state index contributed by atoms with van der Waals surface area (Å²) in [6, 6.07) is 10.1. The summed E-state index contributed by atoms with van der Waals surface area (Å²) in [5, 5.41) is 0.404. The van der Waals surface area contributed by atoms with Crippen LogP contribution in [0.3, 0.4) is 0 Å². The van der Waals surface area contributed by atoms with Crippen molar-refractivity contribution in [3.05, 3.63) is 52.4 Å².